The van der Waals surface area contributed by atoms with E-state index < -0.39 is 10.0 Å². The van der Waals surface area contributed by atoms with Crippen molar-refractivity contribution in [3.05, 3.63) is 48.5 Å². The van der Waals surface area contributed by atoms with E-state index in [0.29, 0.717) is 23.7 Å². The second-order valence-electron chi connectivity index (χ2n) is 5.49. The minimum atomic E-state index is -3.32. The van der Waals surface area contributed by atoms with Gasteiger partial charge in [-0.25, -0.2) is 8.42 Å². The predicted molar refractivity (Wildman–Crippen MR) is 107 cm³/mol. The average molecular weight is 395 g/mol. The summed E-state index contributed by atoms with van der Waals surface area (Å²) in [6.07, 6.45) is 3.13. The van der Waals surface area contributed by atoms with Gasteiger partial charge >= 0.3 is 0 Å². The first kappa shape index (κ1) is 20.1. The quantitative estimate of drug-likeness (QED) is 0.696. The highest BCUT2D eigenvalue weighted by Crippen LogP contribution is 2.22. The van der Waals surface area contributed by atoms with E-state index in [9.17, 15) is 13.2 Å². The number of nitrogens with zero attached hydrogens (tertiary/aromatic N) is 1. The molecule has 0 atom stereocenters. The number of anilines is 2. The number of carbonyl (C=O) groups is 1. The molecule has 2 aromatic carbocycles. The fraction of sp³-hybridized carbons (Fsp3) is 0.278. The van der Waals surface area contributed by atoms with E-state index in [0.717, 1.165) is 11.2 Å². The number of rotatable bonds is 8. The first-order chi connectivity index (χ1) is 12.3. The van der Waals surface area contributed by atoms with Crippen LogP contribution in [0.5, 0.6) is 5.75 Å². The largest absolute Gasteiger partial charge is 0.484 e. The smallest absolute Gasteiger partial charge is 0.262 e. The number of carbonyl (C=O) groups excluding carboxylic acids is 1. The number of nitrogens with one attached hydrogen (secondary N) is 1. The summed E-state index contributed by atoms with van der Waals surface area (Å²) in [4.78, 5) is 13.1. The topological polar surface area (TPSA) is 75.7 Å². The van der Waals surface area contributed by atoms with Crippen molar-refractivity contribution in [3.8, 4) is 5.75 Å². The van der Waals surface area contributed by atoms with E-state index in [2.05, 4.69) is 5.32 Å². The zero-order chi connectivity index (χ0) is 19.2. The molecule has 0 fully saturated rings. The van der Waals surface area contributed by atoms with Crippen molar-refractivity contribution in [2.24, 2.45) is 0 Å². The van der Waals surface area contributed by atoms with Crippen molar-refractivity contribution in [3.63, 3.8) is 0 Å². The highest BCUT2D eigenvalue weighted by atomic mass is 32.2. The number of benzene rings is 2. The third kappa shape index (κ3) is 5.67. The number of sulfonamides is 1. The summed E-state index contributed by atoms with van der Waals surface area (Å²) >= 11 is 1.60. The molecule has 140 valence electrons. The fourth-order valence-corrected chi connectivity index (χ4v) is 3.80. The van der Waals surface area contributed by atoms with Crippen molar-refractivity contribution in [1.29, 1.82) is 0 Å². The molecule has 0 saturated carbocycles. The number of amides is 1. The number of hydrogen-bond donors (Lipinski definition) is 1. The van der Waals surface area contributed by atoms with Crippen LogP contribution in [0.3, 0.4) is 0 Å². The second kappa shape index (κ2) is 8.95. The van der Waals surface area contributed by atoms with Crippen LogP contribution >= 0.6 is 11.8 Å². The highest BCUT2D eigenvalue weighted by Gasteiger charge is 2.15. The lowest BCUT2D eigenvalue weighted by Gasteiger charge is -2.20. The van der Waals surface area contributed by atoms with Gasteiger partial charge in [-0.15, -0.1) is 11.8 Å². The van der Waals surface area contributed by atoms with Gasteiger partial charge < -0.3 is 10.1 Å². The van der Waals surface area contributed by atoms with Crippen LogP contribution in [0.4, 0.5) is 11.4 Å². The standard InChI is InChI=1S/C18H22N2O4S2/c1-4-20(26(3,22)23)15-8-10-16(11-9-15)24-13-18(21)19-14-6-5-7-17(12-14)25-2/h5-12H,4,13H2,1-3H3,(H,19,21). The van der Waals surface area contributed by atoms with Gasteiger partial charge in [0.1, 0.15) is 5.75 Å². The predicted octanol–water partition coefficient (Wildman–Crippen LogP) is 3.21. The van der Waals surface area contributed by atoms with E-state index in [1.54, 1.807) is 43.0 Å². The molecule has 0 spiro atoms. The molecule has 0 heterocycles. The number of hydrogen-bond acceptors (Lipinski definition) is 5. The minimum Gasteiger partial charge on any atom is -0.484 e. The monoisotopic (exact) mass is 394 g/mol. The summed E-state index contributed by atoms with van der Waals surface area (Å²) in [6.45, 7) is 1.98. The van der Waals surface area contributed by atoms with Crippen LogP contribution in [0.2, 0.25) is 0 Å². The van der Waals surface area contributed by atoms with Crippen LogP contribution in [0.25, 0.3) is 0 Å². The SMILES string of the molecule is CCN(c1ccc(OCC(=O)Nc2cccc(SC)c2)cc1)S(C)(=O)=O. The maximum Gasteiger partial charge on any atom is 0.262 e. The first-order valence-electron chi connectivity index (χ1n) is 7.98. The van der Waals surface area contributed by atoms with Crippen molar-refractivity contribution in [2.75, 3.05) is 35.3 Å². The summed E-state index contributed by atoms with van der Waals surface area (Å²) in [5.74, 6) is 0.227. The summed E-state index contributed by atoms with van der Waals surface area (Å²) < 4.78 is 30.2. The van der Waals surface area contributed by atoms with Crippen LogP contribution in [0, 0.1) is 0 Å². The molecule has 2 rings (SSSR count). The highest BCUT2D eigenvalue weighted by molar-refractivity contribution is 7.98. The molecule has 0 aliphatic carbocycles. The molecule has 8 heteroatoms. The van der Waals surface area contributed by atoms with Gasteiger partial charge in [0.25, 0.3) is 5.91 Å². The molecule has 0 bridgehead atoms. The Morgan fingerprint density at radius 1 is 1.19 bits per heavy atom. The Morgan fingerprint density at radius 3 is 2.46 bits per heavy atom. The number of thioether (sulfide) groups is 1. The normalized spacial score (nSPS) is 11.0. The Hall–Kier alpha value is -2.19. The van der Waals surface area contributed by atoms with Gasteiger partial charge in [-0.2, -0.15) is 0 Å². The van der Waals surface area contributed by atoms with Crippen molar-refractivity contribution >= 4 is 39.1 Å². The number of ether oxygens (including phenoxy) is 1. The van der Waals surface area contributed by atoms with E-state index >= 15 is 0 Å². The molecule has 26 heavy (non-hydrogen) atoms. The molecule has 2 aromatic rings. The van der Waals surface area contributed by atoms with Crippen LogP contribution in [0.1, 0.15) is 6.92 Å². The Kier molecular flexibility index (Phi) is 6.93. The molecule has 0 radical (unpaired) electrons. The minimum absolute atomic E-state index is 0.133. The second-order valence-corrected chi connectivity index (χ2v) is 8.28. The van der Waals surface area contributed by atoms with E-state index in [4.69, 9.17) is 4.74 Å². The molecule has 1 N–H and O–H groups in total. The van der Waals surface area contributed by atoms with Crippen LogP contribution < -0.4 is 14.4 Å². The Morgan fingerprint density at radius 2 is 1.88 bits per heavy atom. The third-order valence-electron chi connectivity index (χ3n) is 3.54. The molecule has 0 saturated heterocycles. The maximum atomic E-state index is 12.0. The Bertz CT molecular complexity index is 852. The van der Waals surface area contributed by atoms with E-state index in [-0.39, 0.29) is 12.5 Å². The molecule has 6 nitrogen and oxygen atoms in total. The fourth-order valence-electron chi connectivity index (χ4n) is 2.36. The first-order valence-corrected chi connectivity index (χ1v) is 11.0. The molecular weight excluding hydrogens is 372 g/mol. The lowest BCUT2D eigenvalue weighted by atomic mass is 10.3. The summed E-state index contributed by atoms with van der Waals surface area (Å²) in [7, 11) is -3.32. The zero-order valence-corrected chi connectivity index (χ0v) is 16.6. The molecular formula is C18H22N2O4S2. The molecule has 0 unspecified atom stereocenters. The van der Waals surface area contributed by atoms with Crippen molar-refractivity contribution < 1.29 is 17.9 Å². The summed E-state index contributed by atoms with van der Waals surface area (Å²) in [6, 6.07) is 14.1. The van der Waals surface area contributed by atoms with Crippen molar-refractivity contribution in [1.82, 2.24) is 0 Å². The van der Waals surface area contributed by atoms with Gasteiger partial charge in [0.15, 0.2) is 6.61 Å². The molecule has 1 amide bonds. The van der Waals surface area contributed by atoms with Gasteiger partial charge in [0.05, 0.1) is 11.9 Å². The maximum absolute atomic E-state index is 12.0. The zero-order valence-electron chi connectivity index (χ0n) is 14.9. The lowest BCUT2D eigenvalue weighted by molar-refractivity contribution is -0.118. The van der Waals surface area contributed by atoms with Gasteiger partial charge in [-0.1, -0.05) is 6.07 Å². The summed E-state index contributed by atoms with van der Waals surface area (Å²) in [5.41, 5.74) is 1.27. The van der Waals surface area contributed by atoms with Gasteiger partial charge in [0.2, 0.25) is 10.0 Å². The molecule has 0 aliphatic rings. The Labute approximate surface area is 158 Å². The average Bonchev–Trinajstić information content (AvgIpc) is 2.60. The lowest BCUT2D eigenvalue weighted by Crippen LogP contribution is -2.29. The van der Waals surface area contributed by atoms with Crippen LogP contribution in [-0.2, 0) is 14.8 Å². The molecule has 0 aliphatic heterocycles. The van der Waals surface area contributed by atoms with Crippen molar-refractivity contribution in [2.45, 2.75) is 11.8 Å². The van der Waals surface area contributed by atoms with Gasteiger partial charge in [-0.05, 0) is 55.6 Å². The molecule has 0 aromatic heterocycles. The van der Waals surface area contributed by atoms with Crippen LogP contribution in [-0.4, -0.2) is 40.0 Å². The summed E-state index contributed by atoms with van der Waals surface area (Å²) in [5, 5.41) is 2.78. The third-order valence-corrected chi connectivity index (χ3v) is 5.53. The van der Waals surface area contributed by atoms with Gasteiger partial charge in [0, 0.05) is 17.1 Å². The Balaban J connectivity index is 1.94. The van der Waals surface area contributed by atoms with Crippen LogP contribution in [0.15, 0.2) is 53.4 Å². The van der Waals surface area contributed by atoms with E-state index in [1.165, 1.54) is 4.31 Å². The van der Waals surface area contributed by atoms with E-state index in [1.807, 2.05) is 30.5 Å². The van der Waals surface area contributed by atoms with Gasteiger partial charge in [-0.3, -0.25) is 9.10 Å².